The van der Waals surface area contributed by atoms with Crippen molar-refractivity contribution in [1.82, 2.24) is 19.9 Å². The smallest absolute Gasteiger partial charge is 0.256 e. The van der Waals surface area contributed by atoms with Gasteiger partial charge in [-0.2, -0.15) is 15.0 Å². The first-order valence-electron chi connectivity index (χ1n) is 10.8. The molecule has 2 aromatic carbocycles. The molecule has 1 saturated heterocycles. The van der Waals surface area contributed by atoms with E-state index < -0.39 is 0 Å². The van der Waals surface area contributed by atoms with Crippen LogP contribution in [0.3, 0.4) is 0 Å². The van der Waals surface area contributed by atoms with Gasteiger partial charge in [0.1, 0.15) is 17.7 Å². The van der Waals surface area contributed by atoms with Crippen molar-refractivity contribution < 1.29 is 13.9 Å². The molecule has 1 fully saturated rings. The fourth-order valence-electron chi connectivity index (χ4n) is 4.33. The lowest BCUT2D eigenvalue weighted by Crippen LogP contribution is -2.48. The predicted molar refractivity (Wildman–Crippen MR) is 119 cm³/mol. The summed E-state index contributed by atoms with van der Waals surface area (Å²) in [5.74, 6) is 0.283. The Morgan fingerprint density at radius 1 is 1.12 bits per heavy atom. The third kappa shape index (κ3) is 3.72. The maximum absolute atomic E-state index is 14.2. The van der Waals surface area contributed by atoms with Crippen molar-refractivity contribution in [1.29, 1.82) is 0 Å². The number of benzene rings is 2. The number of carbonyl (C=O) groups excluding carboxylic acids is 1. The van der Waals surface area contributed by atoms with E-state index in [-0.39, 0.29) is 23.9 Å². The minimum absolute atomic E-state index is 0.0766. The summed E-state index contributed by atoms with van der Waals surface area (Å²) in [4.78, 5) is 16.8. The zero-order valence-corrected chi connectivity index (χ0v) is 17.7. The minimum Gasteiger partial charge on any atom is -0.488 e. The maximum Gasteiger partial charge on any atom is 0.256 e. The van der Waals surface area contributed by atoms with Gasteiger partial charge in [-0.15, -0.1) is 0 Å². The molecule has 1 N–H and O–H groups in total. The van der Waals surface area contributed by atoms with E-state index in [2.05, 4.69) is 22.4 Å². The first-order chi connectivity index (χ1) is 15.6. The van der Waals surface area contributed by atoms with Crippen LogP contribution in [0.4, 0.5) is 10.1 Å². The Balaban J connectivity index is 1.37. The fourth-order valence-corrected chi connectivity index (χ4v) is 4.33. The number of aromatic nitrogens is 3. The number of ether oxygens (including phenoxy) is 1. The molecule has 0 bridgehead atoms. The lowest BCUT2D eigenvalue weighted by Gasteiger charge is -2.39. The third-order valence-electron chi connectivity index (χ3n) is 6.01. The number of nitrogens with one attached hydrogen (secondary N) is 1. The number of likely N-dealkylation sites (tertiary alicyclic amines) is 1. The van der Waals surface area contributed by atoms with Crippen molar-refractivity contribution in [3.8, 4) is 5.69 Å². The maximum atomic E-state index is 14.2. The molecule has 2 aliphatic rings. The summed E-state index contributed by atoms with van der Waals surface area (Å²) in [6.07, 6.45) is 6.56. The summed E-state index contributed by atoms with van der Waals surface area (Å²) >= 11 is 0. The molecule has 164 valence electrons. The topological polar surface area (TPSA) is 72.3 Å². The van der Waals surface area contributed by atoms with Crippen molar-refractivity contribution in [2.45, 2.75) is 31.9 Å². The molecule has 5 rings (SSSR count). The summed E-state index contributed by atoms with van der Waals surface area (Å²) < 4.78 is 20.5. The second-order valence-electron chi connectivity index (χ2n) is 8.07. The van der Waals surface area contributed by atoms with Gasteiger partial charge < -0.3 is 15.0 Å². The molecular weight excluding hydrogens is 409 g/mol. The minimum atomic E-state index is -0.297. The highest BCUT2D eigenvalue weighted by molar-refractivity contribution is 5.98. The van der Waals surface area contributed by atoms with Crippen LogP contribution in [0.1, 0.15) is 35.7 Å². The second-order valence-corrected chi connectivity index (χ2v) is 8.07. The largest absolute Gasteiger partial charge is 0.488 e. The highest BCUT2D eigenvalue weighted by atomic mass is 19.1. The molecule has 1 aromatic heterocycles. The highest BCUT2D eigenvalue weighted by Crippen LogP contribution is 2.33. The van der Waals surface area contributed by atoms with Gasteiger partial charge in [0.05, 0.1) is 35.9 Å². The number of amides is 1. The van der Waals surface area contributed by atoms with Crippen molar-refractivity contribution in [2.75, 3.05) is 18.4 Å². The average molecular weight is 433 g/mol. The number of nitrogens with zero attached hydrogens (tertiary/aromatic N) is 4. The second kappa shape index (κ2) is 8.45. The Labute approximate surface area is 185 Å². The molecule has 0 unspecified atom stereocenters. The van der Waals surface area contributed by atoms with Gasteiger partial charge in [-0.3, -0.25) is 4.79 Å². The Morgan fingerprint density at radius 2 is 1.94 bits per heavy atom. The van der Waals surface area contributed by atoms with Crippen LogP contribution < -0.4 is 5.32 Å². The van der Waals surface area contributed by atoms with Crippen molar-refractivity contribution >= 4 is 17.4 Å². The summed E-state index contributed by atoms with van der Waals surface area (Å²) in [5.41, 5.74) is 2.36. The van der Waals surface area contributed by atoms with Gasteiger partial charge in [-0.25, -0.2) is 4.39 Å². The quantitative estimate of drug-likeness (QED) is 0.676. The molecule has 0 spiro atoms. The number of hydrogen-bond donors (Lipinski definition) is 1. The van der Waals surface area contributed by atoms with E-state index in [1.54, 1.807) is 24.5 Å². The lowest BCUT2D eigenvalue weighted by atomic mass is 9.99. The number of fused-ring (bicyclic) bond motifs is 1. The number of anilines is 1. The molecule has 3 heterocycles. The van der Waals surface area contributed by atoms with Gasteiger partial charge in [0.15, 0.2) is 0 Å². The number of halogens is 1. The summed E-state index contributed by atoms with van der Waals surface area (Å²) in [5, 5.41) is 11.4. The third-order valence-corrected chi connectivity index (χ3v) is 6.01. The zero-order valence-electron chi connectivity index (χ0n) is 17.7. The van der Waals surface area contributed by atoms with Crippen molar-refractivity contribution in [3.05, 3.63) is 77.9 Å². The standard InChI is InChI=1S/C24H24FN5O2/c1-16-9-10-17(32-22-11-12-26-23-19(22)6-4-7-20(23)25)15-29(16)24(31)18-5-2-3-8-21(18)30-27-13-14-28-30/h2-8,11,13-14,16-17,26H,9-10,12,15H2,1H3/t16-,17-/m1/s1. The highest BCUT2D eigenvalue weighted by Gasteiger charge is 2.33. The molecule has 0 radical (unpaired) electrons. The van der Waals surface area contributed by atoms with Gasteiger partial charge in [0.25, 0.3) is 5.91 Å². The number of para-hydroxylation sites is 2. The molecular formula is C24H24FN5O2. The van der Waals surface area contributed by atoms with Crippen molar-refractivity contribution in [3.63, 3.8) is 0 Å². The normalized spacial score (nSPS) is 20.2. The van der Waals surface area contributed by atoms with Gasteiger partial charge in [0, 0.05) is 18.2 Å². The van der Waals surface area contributed by atoms with E-state index in [0.29, 0.717) is 41.4 Å². The number of carbonyl (C=O) groups is 1. The van der Waals surface area contributed by atoms with E-state index >= 15 is 0 Å². The Bertz CT molecular complexity index is 1160. The van der Waals surface area contributed by atoms with Crippen LogP contribution in [0.15, 0.2) is 60.9 Å². The Hall–Kier alpha value is -3.68. The Morgan fingerprint density at radius 3 is 2.78 bits per heavy atom. The van der Waals surface area contributed by atoms with E-state index in [4.69, 9.17) is 4.74 Å². The van der Waals surface area contributed by atoms with Crippen LogP contribution in [0, 0.1) is 5.82 Å². The van der Waals surface area contributed by atoms with Gasteiger partial charge in [0.2, 0.25) is 0 Å². The van der Waals surface area contributed by atoms with Crippen LogP contribution in [-0.2, 0) is 4.74 Å². The SMILES string of the molecule is C[C@@H]1CC[C@@H](OC2=CCNc3c(F)cccc32)CN1C(=O)c1ccccc1-n1nccn1. The van der Waals surface area contributed by atoms with Crippen LogP contribution >= 0.6 is 0 Å². The molecule has 0 aliphatic carbocycles. The predicted octanol–water partition coefficient (Wildman–Crippen LogP) is 3.88. The molecule has 3 aromatic rings. The van der Waals surface area contributed by atoms with E-state index in [0.717, 1.165) is 12.8 Å². The van der Waals surface area contributed by atoms with Crippen molar-refractivity contribution in [2.24, 2.45) is 0 Å². The molecule has 2 aliphatic heterocycles. The van der Waals surface area contributed by atoms with Gasteiger partial charge >= 0.3 is 0 Å². The molecule has 0 saturated carbocycles. The van der Waals surface area contributed by atoms with Crippen LogP contribution in [-0.4, -0.2) is 51.0 Å². The average Bonchev–Trinajstić information content (AvgIpc) is 3.35. The molecule has 2 atom stereocenters. The summed E-state index contributed by atoms with van der Waals surface area (Å²) in [6.45, 7) is 3.01. The first-order valence-corrected chi connectivity index (χ1v) is 10.8. The first kappa shape index (κ1) is 20.2. The number of hydrogen-bond acceptors (Lipinski definition) is 5. The Kier molecular flexibility index (Phi) is 5.34. The zero-order chi connectivity index (χ0) is 22.1. The van der Waals surface area contributed by atoms with Crippen LogP contribution in [0.5, 0.6) is 0 Å². The number of piperidine rings is 1. The van der Waals surface area contributed by atoms with Gasteiger partial charge in [-0.1, -0.05) is 18.2 Å². The summed E-state index contributed by atoms with van der Waals surface area (Å²) in [7, 11) is 0. The summed E-state index contributed by atoms with van der Waals surface area (Å²) in [6, 6.07) is 12.4. The molecule has 8 heteroatoms. The van der Waals surface area contributed by atoms with Crippen LogP contribution in [0.2, 0.25) is 0 Å². The lowest BCUT2D eigenvalue weighted by molar-refractivity contribution is 0.0306. The molecule has 1 amide bonds. The molecule has 7 nitrogen and oxygen atoms in total. The van der Waals surface area contributed by atoms with E-state index in [1.807, 2.05) is 35.2 Å². The fraction of sp³-hybridized carbons (Fsp3) is 0.292. The number of rotatable bonds is 4. The van der Waals surface area contributed by atoms with Gasteiger partial charge in [-0.05, 0) is 50.1 Å². The van der Waals surface area contributed by atoms with E-state index in [9.17, 15) is 9.18 Å². The monoisotopic (exact) mass is 433 g/mol. The van der Waals surface area contributed by atoms with E-state index in [1.165, 1.54) is 10.9 Å². The van der Waals surface area contributed by atoms with Crippen LogP contribution in [0.25, 0.3) is 11.4 Å². The molecule has 32 heavy (non-hydrogen) atoms.